The molecular weight excluding hydrogens is 404 g/mol. The highest BCUT2D eigenvalue weighted by molar-refractivity contribution is 6.08. The molecule has 1 aliphatic rings. The van der Waals surface area contributed by atoms with Gasteiger partial charge in [-0.3, -0.25) is 9.59 Å². The minimum Gasteiger partial charge on any atom is -0.299 e. The molecule has 3 rings (SSSR count). The van der Waals surface area contributed by atoms with Gasteiger partial charge >= 0.3 is 0 Å². The van der Waals surface area contributed by atoms with E-state index < -0.39 is 0 Å². The molecule has 2 aromatic rings. The Bertz CT molecular complexity index is 855. The minimum atomic E-state index is -0.0769. The van der Waals surface area contributed by atoms with Gasteiger partial charge in [0.2, 0.25) is 0 Å². The molecule has 0 saturated heterocycles. The van der Waals surface area contributed by atoms with Crippen molar-refractivity contribution >= 4 is 11.6 Å². The summed E-state index contributed by atoms with van der Waals surface area (Å²) < 4.78 is 0. The Labute approximate surface area is 201 Å². The molecule has 0 heterocycles. The van der Waals surface area contributed by atoms with Crippen LogP contribution in [0.2, 0.25) is 0 Å². The van der Waals surface area contributed by atoms with E-state index in [1.165, 1.54) is 75.3 Å². The maximum atomic E-state index is 12.3. The Morgan fingerprint density at radius 3 is 1.94 bits per heavy atom. The third-order valence-electron chi connectivity index (χ3n) is 7.37. The summed E-state index contributed by atoms with van der Waals surface area (Å²) in [6, 6.07) is 16.7. The largest absolute Gasteiger partial charge is 0.299 e. The van der Waals surface area contributed by atoms with E-state index >= 15 is 0 Å². The first-order valence-corrected chi connectivity index (χ1v) is 13.4. The Morgan fingerprint density at radius 2 is 1.33 bits per heavy atom. The van der Waals surface area contributed by atoms with Crippen molar-refractivity contribution in [3.63, 3.8) is 0 Å². The molecule has 0 aliphatic heterocycles. The van der Waals surface area contributed by atoms with E-state index in [9.17, 15) is 9.59 Å². The highest BCUT2D eigenvalue weighted by Crippen LogP contribution is 2.38. The predicted octanol–water partition coefficient (Wildman–Crippen LogP) is 8.93. The van der Waals surface area contributed by atoms with Gasteiger partial charge in [-0.25, -0.2) is 0 Å². The maximum absolute atomic E-state index is 12.3. The zero-order valence-corrected chi connectivity index (χ0v) is 20.8. The molecule has 0 spiro atoms. The molecule has 1 saturated carbocycles. The number of unbranched alkanes of at least 4 members (excludes halogenated alkanes) is 4. The van der Waals surface area contributed by atoms with Crippen LogP contribution >= 0.6 is 0 Å². The number of carbonyl (C=O) groups excluding carboxylic acids is 2. The number of Topliss-reactive ketones (excluding diaryl/α,β-unsaturated/α-hetero) is 2. The third-order valence-corrected chi connectivity index (χ3v) is 7.37. The van der Waals surface area contributed by atoms with E-state index in [1.807, 2.05) is 31.2 Å². The van der Waals surface area contributed by atoms with E-state index in [0.717, 1.165) is 17.9 Å². The van der Waals surface area contributed by atoms with Gasteiger partial charge in [0.05, 0.1) is 6.42 Å². The van der Waals surface area contributed by atoms with Crippen molar-refractivity contribution in [1.29, 1.82) is 0 Å². The van der Waals surface area contributed by atoms with Crippen LogP contribution in [0.5, 0.6) is 0 Å². The average molecular weight is 447 g/mol. The number of benzene rings is 2. The van der Waals surface area contributed by atoms with Crippen LogP contribution in [0.15, 0.2) is 48.5 Å². The van der Waals surface area contributed by atoms with Gasteiger partial charge in [-0.2, -0.15) is 0 Å². The number of hydrogen-bond donors (Lipinski definition) is 0. The summed E-state index contributed by atoms with van der Waals surface area (Å²) in [4.78, 5) is 24.1. The fraction of sp³-hybridized carbons (Fsp3) is 0.548. The molecule has 0 radical (unpaired) electrons. The number of carbonyl (C=O) groups is 2. The fourth-order valence-corrected chi connectivity index (χ4v) is 5.27. The first-order valence-electron chi connectivity index (χ1n) is 13.4. The number of rotatable bonds is 13. The van der Waals surface area contributed by atoms with Crippen molar-refractivity contribution in [2.75, 3.05) is 0 Å². The first-order chi connectivity index (χ1) is 16.1. The van der Waals surface area contributed by atoms with Gasteiger partial charge in [-0.15, -0.1) is 0 Å². The molecule has 33 heavy (non-hydrogen) atoms. The topological polar surface area (TPSA) is 34.1 Å². The van der Waals surface area contributed by atoms with E-state index in [2.05, 4.69) is 31.2 Å². The van der Waals surface area contributed by atoms with Crippen LogP contribution in [0.1, 0.15) is 119 Å². The second-order valence-electron chi connectivity index (χ2n) is 10.0. The van der Waals surface area contributed by atoms with Crippen LogP contribution in [-0.2, 0) is 4.79 Å². The Balaban J connectivity index is 1.48. The maximum Gasteiger partial charge on any atom is 0.170 e. The lowest BCUT2D eigenvalue weighted by atomic mass is 9.77. The van der Waals surface area contributed by atoms with Crippen LogP contribution in [0.25, 0.3) is 11.1 Å². The summed E-state index contributed by atoms with van der Waals surface area (Å²) in [6.07, 6.45) is 15.1. The fourth-order valence-electron chi connectivity index (χ4n) is 5.27. The van der Waals surface area contributed by atoms with Crippen molar-refractivity contribution in [3.8, 4) is 11.1 Å². The van der Waals surface area contributed by atoms with Gasteiger partial charge in [0.25, 0.3) is 0 Å². The molecule has 0 N–H and O–H groups in total. The molecule has 0 bridgehead atoms. The van der Waals surface area contributed by atoms with Gasteiger partial charge in [0.1, 0.15) is 5.78 Å². The second-order valence-corrected chi connectivity index (χ2v) is 10.0. The molecular formula is C31H42O2. The standard InChI is InChI=1S/C31H42O2/c1-3-5-6-7-8-10-24-11-13-25(14-12-24)26-15-17-27(18-16-26)28-19-21-29(22-20-28)31(33)23-30(32)9-4-2/h15-22,24-25H,3-14,23H2,1-2H3. The SMILES string of the molecule is CCCCCCCC1CCC(c2ccc(-c3ccc(C(=O)CC(=O)CCC)cc3)cc2)CC1. The van der Waals surface area contributed by atoms with Gasteiger partial charge < -0.3 is 0 Å². The molecule has 2 nitrogen and oxygen atoms in total. The number of ketones is 2. The molecule has 1 fully saturated rings. The van der Waals surface area contributed by atoms with Crippen LogP contribution in [-0.4, -0.2) is 11.6 Å². The van der Waals surface area contributed by atoms with Crippen molar-refractivity contribution in [2.24, 2.45) is 5.92 Å². The lowest BCUT2D eigenvalue weighted by molar-refractivity contribution is -0.118. The van der Waals surface area contributed by atoms with E-state index in [-0.39, 0.29) is 18.0 Å². The van der Waals surface area contributed by atoms with Crippen molar-refractivity contribution in [3.05, 3.63) is 59.7 Å². The third kappa shape index (κ3) is 7.95. The van der Waals surface area contributed by atoms with Crippen LogP contribution in [0.4, 0.5) is 0 Å². The summed E-state index contributed by atoms with van der Waals surface area (Å²) in [5.74, 6) is 1.60. The minimum absolute atomic E-state index is 0.0169. The Kier molecular flexibility index (Phi) is 10.4. The number of hydrogen-bond acceptors (Lipinski definition) is 2. The lowest BCUT2D eigenvalue weighted by Crippen LogP contribution is -2.13. The molecule has 0 aromatic heterocycles. The molecule has 0 atom stereocenters. The highest BCUT2D eigenvalue weighted by atomic mass is 16.1. The Morgan fingerprint density at radius 1 is 0.727 bits per heavy atom. The van der Waals surface area contributed by atoms with Crippen molar-refractivity contribution in [1.82, 2.24) is 0 Å². The smallest absolute Gasteiger partial charge is 0.170 e. The molecule has 1 aliphatic carbocycles. The zero-order valence-electron chi connectivity index (χ0n) is 20.8. The summed E-state index contributed by atoms with van der Waals surface area (Å²) >= 11 is 0. The molecule has 0 amide bonds. The second kappa shape index (κ2) is 13.5. The molecule has 2 aromatic carbocycles. The molecule has 178 valence electrons. The van der Waals surface area contributed by atoms with E-state index in [4.69, 9.17) is 0 Å². The highest BCUT2D eigenvalue weighted by Gasteiger charge is 2.22. The van der Waals surface area contributed by atoms with Crippen molar-refractivity contribution in [2.45, 2.75) is 103 Å². The quantitative estimate of drug-likeness (QED) is 0.175. The van der Waals surface area contributed by atoms with Gasteiger partial charge in [-0.1, -0.05) is 101 Å². The van der Waals surface area contributed by atoms with Crippen LogP contribution < -0.4 is 0 Å². The van der Waals surface area contributed by atoms with E-state index in [1.54, 1.807) is 0 Å². The van der Waals surface area contributed by atoms with Crippen LogP contribution in [0.3, 0.4) is 0 Å². The van der Waals surface area contributed by atoms with Crippen molar-refractivity contribution < 1.29 is 9.59 Å². The summed E-state index contributed by atoms with van der Waals surface area (Å²) in [6.45, 7) is 4.25. The van der Waals surface area contributed by atoms with Gasteiger partial charge in [-0.05, 0) is 60.6 Å². The Hall–Kier alpha value is -2.22. The summed E-state index contributed by atoms with van der Waals surface area (Å²) in [5.41, 5.74) is 4.40. The van der Waals surface area contributed by atoms with Gasteiger partial charge in [0.15, 0.2) is 5.78 Å². The first kappa shape index (κ1) is 25.4. The monoisotopic (exact) mass is 446 g/mol. The zero-order chi connectivity index (χ0) is 23.5. The predicted molar refractivity (Wildman–Crippen MR) is 139 cm³/mol. The summed E-state index contributed by atoms with van der Waals surface area (Å²) in [7, 11) is 0. The average Bonchev–Trinajstić information content (AvgIpc) is 2.85. The molecule has 0 unspecified atom stereocenters. The molecule has 2 heteroatoms. The normalized spacial score (nSPS) is 18.2. The summed E-state index contributed by atoms with van der Waals surface area (Å²) in [5, 5.41) is 0. The van der Waals surface area contributed by atoms with Crippen LogP contribution in [0, 0.1) is 5.92 Å². The lowest BCUT2D eigenvalue weighted by Gasteiger charge is -2.29. The van der Waals surface area contributed by atoms with Gasteiger partial charge in [0, 0.05) is 12.0 Å². The van der Waals surface area contributed by atoms with E-state index in [0.29, 0.717) is 17.9 Å².